The van der Waals surface area contributed by atoms with Crippen molar-refractivity contribution in [2.75, 3.05) is 7.11 Å². The molecule has 0 bridgehead atoms. The molecule has 3 atom stereocenters. The Morgan fingerprint density at radius 2 is 1.82 bits per heavy atom. The van der Waals surface area contributed by atoms with Crippen molar-refractivity contribution in [3.05, 3.63) is 56.3 Å². The summed E-state index contributed by atoms with van der Waals surface area (Å²) in [4.78, 5) is 39.6. The summed E-state index contributed by atoms with van der Waals surface area (Å²) in [5.41, 5.74) is 2.71. The lowest BCUT2D eigenvalue weighted by Crippen LogP contribution is -2.43. The van der Waals surface area contributed by atoms with Crippen LogP contribution in [0.2, 0.25) is 10.0 Å². The predicted octanol–water partition coefficient (Wildman–Crippen LogP) is 5.09. The number of dihydropyridines is 1. The van der Waals surface area contributed by atoms with Gasteiger partial charge < -0.3 is 14.8 Å². The number of carbonyl (C=O) groups is 3. The van der Waals surface area contributed by atoms with Crippen LogP contribution in [0.3, 0.4) is 0 Å². The van der Waals surface area contributed by atoms with Crippen molar-refractivity contribution < 1.29 is 23.9 Å². The van der Waals surface area contributed by atoms with Gasteiger partial charge >= 0.3 is 11.9 Å². The third-order valence-corrected chi connectivity index (χ3v) is 7.55. The number of nitrogens with one attached hydrogen (secondary N) is 1. The van der Waals surface area contributed by atoms with E-state index in [1.807, 2.05) is 6.92 Å². The van der Waals surface area contributed by atoms with Gasteiger partial charge in [-0.2, -0.15) is 0 Å². The molecule has 0 saturated heterocycles. The first kappa shape index (κ1) is 23.8. The van der Waals surface area contributed by atoms with Crippen molar-refractivity contribution in [2.24, 2.45) is 11.8 Å². The van der Waals surface area contributed by atoms with Crippen molar-refractivity contribution >= 4 is 40.9 Å². The zero-order valence-corrected chi connectivity index (χ0v) is 20.4. The third kappa shape index (κ3) is 4.43. The molecule has 1 aromatic carbocycles. The number of ether oxygens (including phenoxy) is 2. The van der Waals surface area contributed by atoms with Crippen LogP contribution in [0.25, 0.3) is 0 Å². The molecule has 1 saturated carbocycles. The highest BCUT2D eigenvalue weighted by atomic mass is 35.5. The standard InChI is InChI=1S/C25H27Cl2NO5/c1-12-10-18-22(23(29)19(12)24(30)32-3)21(14-8-9-16(26)17(27)11-14)20(13(2)28-18)25(31)33-15-6-4-5-7-15/h8-9,11-12,15,19,21,28H,4-7,10H2,1-3H3/t12-,19+,21+/m1/s1. The number of Topliss-reactive ketones (excluding diaryl/α,β-unsaturated/α-hetero) is 1. The number of halogens is 2. The van der Waals surface area contributed by atoms with E-state index < -0.39 is 23.8 Å². The molecule has 1 aromatic rings. The van der Waals surface area contributed by atoms with Crippen molar-refractivity contribution in [3.8, 4) is 0 Å². The van der Waals surface area contributed by atoms with Crippen LogP contribution in [0.5, 0.6) is 0 Å². The second-order valence-corrected chi connectivity index (χ2v) is 9.84. The molecule has 4 rings (SSSR count). The Bertz CT molecular complexity index is 1070. The van der Waals surface area contributed by atoms with Gasteiger partial charge in [-0.15, -0.1) is 0 Å². The van der Waals surface area contributed by atoms with E-state index in [2.05, 4.69) is 5.32 Å². The SMILES string of the molecule is COC(=O)[C@@H]1C(=O)C2=C(C[C@H]1C)NC(C)=C(C(=O)OC1CCCC1)[C@@H]2c1ccc(Cl)c(Cl)c1. The number of methoxy groups -OCH3 is 1. The number of rotatable bonds is 4. The van der Waals surface area contributed by atoms with E-state index in [0.717, 1.165) is 25.7 Å². The van der Waals surface area contributed by atoms with Gasteiger partial charge in [0.1, 0.15) is 12.0 Å². The summed E-state index contributed by atoms with van der Waals surface area (Å²) in [5, 5.41) is 3.95. The molecule has 176 valence electrons. The molecule has 1 heterocycles. The van der Waals surface area contributed by atoms with Gasteiger partial charge in [-0.3, -0.25) is 9.59 Å². The Labute approximate surface area is 203 Å². The Balaban J connectivity index is 1.82. The fourth-order valence-electron chi connectivity index (χ4n) is 5.20. The summed E-state index contributed by atoms with van der Waals surface area (Å²) < 4.78 is 10.8. The molecule has 8 heteroatoms. The lowest BCUT2D eigenvalue weighted by molar-refractivity contribution is -0.151. The van der Waals surface area contributed by atoms with Crippen LogP contribution < -0.4 is 5.32 Å². The highest BCUT2D eigenvalue weighted by molar-refractivity contribution is 6.42. The van der Waals surface area contributed by atoms with Crippen LogP contribution in [-0.2, 0) is 23.9 Å². The second kappa shape index (κ2) is 9.51. The number of hydrogen-bond donors (Lipinski definition) is 1. The number of ketones is 1. The lowest BCUT2D eigenvalue weighted by atomic mass is 9.69. The fraction of sp³-hybridized carbons (Fsp3) is 0.480. The van der Waals surface area contributed by atoms with E-state index in [9.17, 15) is 14.4 Å². The normalized spacial score (nSPS) is 25.6. The van der Waals surface area contributed by atoms with E-state index in [1.54, 1.807) is 25.1 Å². The van der Waals surface area contributed by atoms with Crippen LogP contribution in [0.15, 0.2) is 40.7 Å². The minimum Gasteiger partial charge on any atom is -0.468 e. The summed E-state index contributed by atoms with van der Waals surface area (Å²) >= 11 is 12.5. The average Bonchev–Trinajstić information content (AvgIpc) is 3.27. The number of benzene rings is 1. The van der Waals surface area contributed by atoms with E-state index in [0.29, 0.717) is 44.6 Å². The first-order valence-electron chi connectivity index (χ1n) is 11.2. The molecule has 0 amide bonds. The summed E-state index contributed by atoms with van der Waals surface area (Å²) in [6.07, 6.45) is 4.05. The highest BCUT2D eigenvalue weighted by Gasteiger charge is 2.47. The van der Waals surface area contributed by atoms with Gasteiger partial charge in [0.05, 0.1) is 22.7 Å². The summed E-state index contributed by atoms with van der Waals surface area (Å²) in [6.45, 7) is 3.66. The van der Waals surface area contributed by atoms with Gasteiger partial charge in [-0.1, -0.05) is 36.2 Å². The number of carbonyl (C=O) groups excluding carboxylic acids is 3. The molecule has 6 nitrogen and oxygen atoms in total. The maximum atomic E-state index is 13.7. The van der Waals surface area contributed by atoms with Crippen molar-refractivity contribution in [1.29, 1.82) is 0 Å². The van der Waals surface area contributed by atoms with Gasteiger partial charge in [-0.25, -0.2) is 4.79 Å². The average molecular weight is 492 g/mol. The molecule has 0 unspecified atom stereocenters. The Kier molecular flexibility index (Phi) is 6.87. The van der Waals surface area contributed by atoms with Crippen molar-refractivity contribution in [1.82, 2.24) is 5.32 Å². The molecule has 33 heavy (non-hydrogen) atoms. The quantitative estimate of drug-likeness (QED) is 0.466. The zero-order chi connectivity index (χ0) is 23.9. The predicted molar refractivity (Wildman–Crippen MR) is 125 cm³/mol. The van der Waals surface area contributed by atoms with Crippen LogP contribution in [-0.4, -0.2) is 30.9 Å². The first-order valence-corrected chi connectivity index (χ1v) is 12.0. The number of hydrogen-bond acceptors (Lipinski definition) is 6. The van der Waals surface area contributed by atoms with Gasteiger partial charge in [0.2, 0.25) is 0 Å². The first-order chi connectivity index (χ1) is 15.7. The molecular weight excluding hydrogens is 465 g/mol. The topological polar surface area (TPSA) is 81.7 Å². The molecule has 1 aliphatic heterocycles. The minimum absolute atomic E-state index is 0.132. The Morgan fingerprint density at radius 1 is 1.12 bits per heavy atom. The van der Waals surface area contributed by atoms with Crippen LogP contribution in [0, 0.1) is 11.8 Å². The van der Waals surface area contributed by atoms with Crippen molar-refractivity contribution in [3.63, 3.8) is 0 Å². The zero-order valence-electron chi connectivity index (χ0n) is 18.9. The lowest BCUT2D eigenvalue weighted by Gasteiger charge is -2.38. The number of esters is 2. The second-order valence-electron chi connectivity index (χ2n) is 9.02. The van der Waals surface area contributed by atoms with Gasteiger partial charge in [0.15, 0.2) is 5.78 Å². The molecule has 1 fully saturated rings. The summed E-state index contributed by atoms with van der Waals surface area (Å²) in [6, 6.07) is 5.06. The van der Waals surface area contributed by atoms with E-state index >= 15 is 0 Å². The molecule has 2 aliphatic carbocycles. The Hall–Kier alpha value is -2.31. The van der Waals surface area contributed by atoms with Gasteiger partial charge in [0, 0.05) is 22.9 Å². The maximum Gasteiger partial charge on any atom is 0.337 e. The third-order valence-electron chi connectivity index (χ3n) is 6.82. The minimum atomic E-state index is -0.939. The van der Waals surface area contributed by atoms with Gasteiger partial charge in [-0.05, 0) is 62.6 Å². The van der Waals surface area contributed by atoms with Crippen molar-refractivity contribution in [2.45, 2.75) is 58.0 Å². The van der Waals surface area contributed by atoms with Crippen LogP contribution in [0.1, 0.15) is 57.4 Å². The molecule has 3 aliphatic rings. The van der Waals surface area contributed by atoms with E-state index in [-0.39, 0.29) is 17.8 Å². The van der Waals surface area contributed by atoms with E-state index in [1.165, 1.54) is 7.11 Å². The van der Waals surface area contributed by atoms with Crippen LogP contribution in [0.4, 0.5) is 0 Å². The molecular formula is C25H27Cl2NO5. The summed E-state index contributed by atoms with van der Waals surface area (Å²) in [7, 11) is 1.27. The van der Waals surface area contributed by atoms with Gasteiger partial charge in [0.25, 0.3) is 0 Å². The fourth-order valence-corrected chi connectivity index (χ4v) is 5.50. The smallest absolute Gasteiger partial charge is 0.337 e. The maximum absolute atomic E-state index is 13.7. The molecule has 1 N–H and O–H groups in total. The monoisotopic (exact) mass is 491 g/mol. The number of allylic oxidation sites excluding steroid dienone is 3. The summed E-state index contributed by atoms with van der Waals surface area (Å²) in [5.74, 6) is -3.30. The Morgan fingerprint density at radius 3 is 2.45 bits per heavy atom. The molecule has 0 aromatic heterocycles. The largest absolute Gasteiger partial charge is 0.468 e. The van der Waals surface area contributed by atoms with E-state index in [4.69, 9.17) is 32.7 Å². The highest BCUT2D eigenvalue weighted by Crippen LogP contribution is 2.46. The molecule has 0 radical (unpaired) electrons. The molecule has 0 spiro atoms. The van der Waals surface area contributed by atoms with Crippen LogP contribution >= 0.6 is 23.2 Å².